The normalized spacial score (nSPS) is 11.7. The molecule has 0 fully saturated rings. The van der Waals surface area contributed by atoms with E-state index >= 15 is 0 Å². The Morgan fingerprint density at radius 1 is 1.42 bits per heavy atom. The molecule has 0 aromatic heterocycles. The van der Waals surface area contributed by atoms with Crippen LogP contribution in [0.1, 0.15) is 19.4 Å². The number of hydrogen-bond donors (Lipinski definition) is 0. The van der Waals surface area contributed by atoms with Crippen LogP contribution in [0.25, 0.3) is 0 Å². The van der Waals surface area contributed by atoms with Gasteiger partial charge >= 0.3 is 0 Å². The van der Waals surface area contributed by atoms with Gasteiger partial charge in [-0.3, -0.25) is 0 Å². The molecule has 0 nitrogen and oxygen atoms in total. The van der Waals surface area contributed by atoms with Crippen LogP contribution in [0, 0.1) is 5.82 Å². The van der Waals surface area contributed by atoms with Crippen LogP contribution in [0.4, 0.5) is 4.39 Å². The molecule has 2 heteroatoms. The number of benzene rings is 1. The molecule has 12 heavy (non-hydrogen) atoms. The van der Waals surface area contributed by atoms with Crippen LogP contribution < -0.4 is 0 Å². The van der Waals surface area contributed by atoms with E-state index < -0.39 is 0 Å². The summed E-state index contributed by atoms with van der Waals surface area (Å²) in [6, 6.07) is 6.57. The minimum atomic E-state index is -0.203. The Hall–Kier alpha value is -0.560. The molecule has 1 aromatic rings. The van der Waals surface area contributed by atoms with Crippen LogP contribution in [0.5, 0.6) is 0 Å². The van der Waals surface area contributed by atoms with Gasteiger partial charge in [0.1, 0.15) is 5.82 Å². The van der Waals surface area contributed by atoms with Crippen molar-refractivity contribution in [1.82, 2.24) is 0 Å². The van der Waals surface area contributed by atoms with Gasteiger partial charge < -0.3 is 0 Å². The van der Waals surface area contributed by atoms with Gasteiger partial charge in [-0.25, -0.2) is 4.39 Å². The predicted octanol–water partition coefficient (Wildman–Crippen LogP) is 3.34. The zero-order valence-corrected chi connectivity index (χ0v) is 8.03. The van der Waals surface area contributed by atoms with Crippen molar-refractivity contribution in [2.75, 3.05) is 5.88 Å². The summed E-state index contributed by atoms with van der Waals surface area (Å²) in [5.41, 5.74) is 0.793. The molecule has 0 saturated heterocycles. The average Bonchev–Trinajstić information content (AvgIpc) is 2.05. The maximum Gasteiger partial charge on any atom is 0.123 e. The molecule has 0 spiro atoms. The van der Waals surface area contributed by atoms with E-state index in [1.165, 1.54) is 12.1 Å². The first-order valence-electron chi connectivity index (χ1n) is 3.88. The van der Waals surface area contributed by atoms with Crippen molar-refractivity contribution in [2.45, 2.75) is 19.3 Å². The van der Waals surface area contributed by atoms with Crippen molar-refractivity contribution >= 4 is 11.6 Å². The fourth-order valence-electron chi connectivity index (χ4n) is 0.987. The molecule has 1 aromatic carbocycles. The molecule has 66 valence electrons. The third kappa shape index (κ3) is 1.98. The lowest BCUT2D eigenvalue weighted by atomic mass is 9.87. The molecule has 0 bridgehead atoms. The van der Waals surface area contributed by atoms with Gasteiger partial charge in [-0.15, -0.1) is 11.6 Å². The topological polar surface area (TPSA) is 0 Å². The van der Waals surface area contributed by atoms with Crippen molar-refractivity contribution in [3.8, 4) is 0 Å². The van der Waals surface area contributed by atoms with Crippen LogP contribution in [-0.2, 0) is 5.41 Å². The van der Waals surface area contributed by atoms with Gasteiger partial charge in [0, 0.05) is 11.3 Å². The van der Waals surface area contributed by atoms with Crippen LogP contribution >= 0.6 is 11.6 Å². The summed E-state index contributed by atoms with van der Waals surface area (Å²) in [4.78, 5) is 0. The molecule has 0 N–H and O–H groups in total. The average molecular weight is 187 g/mol. The van der Waals surface area contributed by atoms with Gasteiger partial charge in [0.15, 0.2) is 0 Å². The van der Waals surface area contributed by atoms with Gasteiger partial charge in [-0.2, -0.15) is 0 Å². The predicted molar refractivity (Wildman–Crippen MR) is 50.1 cm³/mol. The van der Waals surface area contributed by atoms with Crippen LogP contribution in [-0.4, -0.2) is 5.88 Å². The molecular weight excluding hydrogens is 175 g/mol. The fourth-order valence-corrected chi connectivity index (χ4v) is 1.14. The van der Waals surface area contributed by atoms with Crippen molar-refractivity contribution in [2.24, 2.45) is 0 Å². The molecule has 0 aliphatic heterocycles. The lowest BCUT2D eigenvalue weighted by Crippen LogP contribution is -2.18. The maximum absolute atomic E-state index is 12.8. The first-order valence-corrected chi connectivity index (χ1v) is 4.42. The largest absolute Gasteiger partial charge is 0.207 e. The number of alkyl halides is 1. The Balaban J connectivity index is 3.03. The van der Waals surface area contributed by atoms with E-state index in [0.29, 0.717) is 5.88 Å². The Kier molecular flexibility index (Phi) is 2.73. The van der Waals surface area contributed by atoms with Crippen molar-refractivity contribution in [1.29, 1.82) is 0 Å². The quantitative estimate of drug-likeness (QED) is 0.622. The number of halogens is 2. The van der Waals surface area contributed by atoms with E-state index in [4.69, 9.17) is 11.6 Å². The standard InChI is InChI=1S/C10H12ClF/c1-10(2,7-11)8-4-3-5-9(12)6-8/h3-6H,7H2,1-2H3. The zero-order valence-electron chi connectivity index (χ0n) is 7.27. The first kappa shape index (κ1) is 9.53. The smallest absolute Gasteiger partial charge is 0.123 e. The van der Waals surface area contributed by atoms with Crippen LogP contribution in [0.3, 0.4) is 0 Å². The van der Waals surface area contributed by atoms with Crippen molar-refractivity contribution in [3.63, 3.8) is 0 Å². The second kappa shape index (κ2) is 3.44. The minimum Gasteiger partial charge on any atom is -0.207 e. The van der Waals surface area contributed by atoms with E-state index in [1.807, 2.05) is 19.9 Å². The van der Waals surface area contributed by atoms with E-state index in [1.54, 1.807) is 6.07 Å². The summed E-state index contributed by atoms with van der Waals surface area (Å²) in [5.74, 6) is 0.293. The highest BCUT2D eigenvalue weighted by atomic mass is 35.5. The molecule has 0 amide bonds. The zero-order chi connectivity index (χ0) is 9.19. The summed E-state index contributed by atoms with van der Waals surface area (Å²) in [7, 11) is 0. The monoisotopic (exact) mass is 186 g/mol. The Morgan fingerprint density at radius 3 is 2.58 bits per heavy atom. The molecule has 1 rings (SSSR count). The van der Waals surface area contributed by atoms with Crippen LogP contribution in [0.15, 0.2) is 24.3 Å². The maximum atomic E-state index is 12.8. The number of hydrogen-bond acceptors (Lipinski definition) is 0. The van der Waals surface area contributed by atoms with E-state index in [-0.39, 0.29) is 11.2 Å². The summed E-state index contributed by atoms with van der Waals surface area (Å²) in [6.45, 7) is 3.99. The van der Waals surface area contributed by atoms with Gasteiger partial charge in [0.05, 0.1) is 0 Å². The van der Waals surface area contributed by atoms with E-state index in [9.17, 15) is 4.39 Å². The summed E-state index contributed by atoms with van der Waals surface area (Å²) in [6.07, 6.45) is 0. The van der Waals surface area contributed by atoms with E-state index in [2.05, 4.69) is 0 Å². The fraction of sp³-hybridized carbons (Fsp3) is 0.400. The van der Waals surface area contributed by atoms with Crippen molar-refractivity contribution < 1.29 is 4.39 Å². The first-order chi connectivity index (χ1) is 5.56. The van der Waals surface area contributed by atoms with E-state index in [0.717, 1.165) is 5.56 Å². The summed E-state index contributed by atoms with van der Waals surface area (Å²) in [5, 5.41) is 0. The van der Waals surface area contributed by atoms with Gasteiger partial charge in [0.25, 0.3) is 0 Å². The van der Waals surface area contributed by atoms with Gasteiger partial charge in [0.2, 0.25) is 0 Å². The third-order valence-electron chi connectivity index (χ3n) is 1.94. The Morgan fingerprint density at radius 2 is 2.08 bits per heavy atom. The second-order valence-corrected chi connectivity index (χ2v) is 3.80. The highest BCUT2D eigenvalue weighted by Gasteiger charge is 2.19. The van der Waals surface area contributed by atoms with Gasteiger partial charge in [-0.05, 0) is 17.7 Å². The van der Waals surface area contributed by atoms with Crippen molar-refractivity contribution in [3.05, 3.63) is 35.6 Å². The third-order valence-corrected chi connectivity index (χ3v) is 2.61. The molecule has 0 aliphatic rings. The highest BCUT2D eigenvalue weighted by molar-refractivity contribution is 6.18. The summed E-state index contributed by atoms with van der Waals surface area (Å²) < 4.78 is 12.8. The molecule has 0 aliphatic carbocycles. The molecule has 0 radical (unpaired) electrons. The minimum absolute atomic E-state index is 0.149. The molecule has 0 saturated carbocycles. The van der Waals surface area contributed by atoms with Crippen LogP contribution in [0.2, 0.25) is 0 Å². The molecular formula is C10H12ClF. The molecule has 0 heterocycles. The highest BCUT2D eigenvalue weighted by Crippen LogP contribution is 2.24. The second-order valence-electron chi connectivity index (χ2n) is 3.53. The molecule has 0 unspecified atom stereocenters. The Bertz CT molecular complexity index is 268. The SMILES string of the molecule is CC(C)(CCl)c1cccc(F)c1. The summed E-state index contributed by atoms with van der Waals surface area (Å²) >= 11 is 5.76. The molecule has 0 atom stereocenters. The lowest BCUT2D eigenvalue weighted by molar-refractivity contribution is 0.578. The lowest BCUT2D eigenvalue weighted by Gasteiger charge is -2.21. The number of rotatable bonds is 2. The Labute approximate surface area is 77.4 Å². The van der Waals surface area contributed by atoms with Gasteiger partial charge in [-0.1, -0.05) is 26.0 Å².